The summed E-state index contributed by atoms with van der Waals surface area (Å²) in [6.45, 7) is 5.25. The lowest BCUT2D eigenvalue weighted by Gasteiger charge is -2.37. The second-order valence-electron chi connectivity index (χ2n) is 6.71. The van der Waals surface area contributed by atoms with Gasteiger partial charge in [0.15, 0.2) is 0 Å². The molecule has 0 radical (unpaired) electrons. The molecule has 2 heterocycles. The molecule has 2 saturated heterocycles. The summed E-state index contributed by atoms with van der Waals surface area (Å²) in [6, 6.07) is 7.98. The number of benzene rings is 1. The van der Waals surface area contributed by atoms with Crippen molar-refractivity contribution >= 4 is 6.03 Å². The summed E-state index contributed by atoms with van der Waals surface area (Å²) >= 11 is 0. The molecule has 2 fully saturated rings. The Morgan fingerprint density at radius 2 is 2.24 bits per heavy atom. The van der Waals surface area contributed by atoms with Gasteiger partial charge in [0.2, 0.25) is 0 Å². The van der Waals surface area contributed by atoms with Crippen LogP contribution in [0.25, 0.3) is 0 Å². The molecular formula is C19H28N2O4. The Labute approximate surface area is 149 Å². The number of amides is 2. The van der Waals surface area contributed by atoms with Crippen LogP contribution in [0.5, 0.6) is 5.75 Å². The minimum Gasteiger partial charge on any atom is -0.494 e. The number of hydrogen-bond acceptors (Lipinski definition) is 4. The van der Waals surface area contributed by atoms with Crippen LogP contribution in [-0.2, 0) is 15.9 Å². The zero-order valence-electron chi connectivity index (χ0n) is 14.9. The fourth-order valence-corrected chi connectivity index (χ4v) is 3.57. The van der Waals surface area contributed by atoms with Crippen LogP contribution >= 0.6 is 0 Å². The van der Waals surface area contributed by atoms with Crippen molar-refractivity contribution < 1.29 is 19.0 Å². The van der Waals surface area contributed by atoms with Gasteiger partial charge in [0.1, 0.15) is 5.75 Å². The topological polar surface area (TPSA) is 68.8 Å². The third kappa shape index (κ3) is 4.86. The van der Waals surface area contributed by atoms with Gasteiger partial charge in [-0.1, -0.05) is 18.2 Å². The van der Waals surface area contributed by atoms with Crippen LogP contribution < -0.4 is 15.4 Å². The maximum atomic E-state index is 12.2. The van der Waals surface area contributed by atoms with Gasteiger partial charge in [-0.05, 0) is 37.8 Å². The highest BCUT2D eigenvalue weighted by Gasteiger charge is 2.41. The number of carbonyl (C=O) groups excluding carboxylic acids is 1. The Kier molecular flexibility index (Phi) is 6.15. The third-order valence-corrected chi connectivity index (χ3v) is 4.85. The zero-order valence-corrected chi connectivity index (χ0v) is 14.9. The van der Waals surface area contributed by atoms with Gasteiger partial charge in [-0.25, -0.2) is 4.79 Å². The molecule has 138 valence electrons. The highest BCUT2D eigenvalue weighted by atomic mass is 16.6. The van der Waals surface area contributed by atoms with Crippen molar-refractivity contribution in [3.05, 3.63) is 29.8 Å². The van der Waals surface area contributed by atoms with Gasteiger partial charge in [-0.2, -0.15) is 0 Å². The third-order valence-electron chi connectivity index (χ3n) is 4.85. The molecule has 0 aliphatic carbocycles. The second-order valence-corrected chi connectivity index (χ2v) is 6.71. The van der Waals surface area contributed by atoms with Crippen LogP contribution in [0.1, 0.15) is 31.7 Å². The van der Waals surface area contributed by atoms with E-state index in [2.05, 4.69) is 10.6 Å². The fourth-order valence-electron chi connectivity index (χ4n) is 3.57. The first kappa shape index (κ1) is 18.0. The minimum absolute atomic E-state index is 0.116. The van der Waals surface area contributed by atoms with Crippen LogP contribution in [0.2, 0.25) is 0 Å². The maximum absolute atomic E-state index is 12.2. The van der Waals surface area contributed by atoms with Crippen molar-refractivity contribution in [3.63, 3.8) is 0 Å². The average Bonchev–Trinajstić information content (AvgIpc) is 3.04. The smallest absolute Gasteiger partial charge is 0.315 e. The molecule has 0 aromatic heterocycles. The SMILES string of the molecule is CCOc1ccccc1CCNC(=O)N[C@@H]1CCO[C@]2(CCOC2)C1. The molecule has 25 heavy (non-hydrogen) atoms. The van der Waals surface area contributed by atoms with E-state index in [0.29, 0.717) is 26.4 Å². The molecule has 3 rings (SSSR count). The number of rotatable bonds is 6. The van der Waals surface area contributed by atoms with Crippen LogP contribution in [0.15, 0.2) is 24.3 Å². The van der Waals surface area contributed by atoms with Crippen molar-refractivity contribution in [3.8, 4) is 5.75 Å². The predicted molar refractivity (Wildman–Crippen MR) is 95.0 cm³/mol. The molecule has 2 aliphatic heterocycles. The van der Waals surface area contributed by atoms with Gasteiger partial charge in [0, 0.05) is 32.2 Å². The monoisotopic (exact) mass is 348 g/mol. The molecule has 0 bridgehead atoms. The van der Waals surface area contributed by atoms with E-state index < -0.39 is 0 Å². The number of urea groups is 1. The Morgan fingerprint density at radius 3 is 3.04 bits per heavy atom. The fraction of sp³-hybridized carbons (Fsp3) is 0.632. The van der Waals surface area contributed by atoms with Crippen LogP contribution in [0.4, 0.5) is 4.79 Å². The Bertz CT molecular complexity index is 572. The summed E-state index contributed by atoms with van der Waals surface area (Å²) in [5.74, 6) is 0.889. The van der Waals surface area contributed by atoms with Gasteiger partial charge in [0.05, 0.1) is 18.8 Å². The molecule has 1 aromatic rings. The summed E-state index contributed by atoms with van der Waals surface area (Å²) in [5, 5.41) is 6.03. The highest BCUT2D eigenvalue weighted by Crippen LogP contribution is 2.32. The van der Waals surface area contributed by atoms with Crippen molar-refractivity contribution in [1.82, 2.24) is 10.6 Å². The lowest BCUT2D eigenvalue weighted by atomic mass is 9.90. The summed E-state index contributed by atoms with van der Waals surface area (Å²) in [6.07, 6.45) is 3.34. The number of carbonyl (C=O) groups is 1. The molecule has 1 aromatic carbocycles. The standard InChI is InChI=1S/C19H28N2O4/c1-2-24-17-6-4-3-5-15(17)7-10-20-18(22)21-16-8-11-25-19(13-16)9-12-23-14-19/h3-6,16H,2,7-14H2,1H3,(H2,20,21,22)/t16-,19-/m1/s1. The quantitative estimate of drug-likeness (QED) is 0.827. The molecule has 2 atom stereocenters. The first-order valence-corrected chi connectivity index (χ1v) is 9.17. The lowest BCUT2D eigenvalue weighted by molar-refractivity contribution is -0.0878. The first-order chi connectivity index (χ1) is 12.2. The summed E-state index contributed by atoms with van der Waals surface area (Å²) in [5.41, 5.74) is 0.921. The van der Waals surface area contributed by atoms with Crippen LogP contribution in [0, 0.1) is 0 Å². The molecule has 6 nitrogen and oxygen atoms in total. The van der Waals surface area contributed by atoms with Gasteiger partial charge < -0.3 is 24.8 Å². The van der Waals surface area contributed by atoms with Crippen LogP contribution in [0.3, 0.4) is 0 Å². The molecule has 6 heteroatoms. The second kappa shape index (κ2) is 8.54. The zero-order chi connectivity index (χ0) is 17.5. The first-order valence-electron chi connectivity index (χ1n) is 9.17. The normalized spacial score (nSPS) is 25.7. The predicted octanol–water partition coefficient (Wildman–Crippen LogP) is 2.27. The Morgan fingerprint density at radius 1 is 1.36 bits per heavy atom. The summed E-state index contributed by atoms with van der Waals surface area (Å²) in [4.78, 5) is 12.2. The maximum Gasteiger partial charge on any atom is 0.315 e. The van der Waals surface area contributed by atoms with E-state index in [4.69, 9.17) is 14.2 Å². The van der Waals surface area contributed by atoms with Gasteiger partial charge in [-0.3, -0.25) is 0 Å². The highest BCUT2D eigenvalue weighted by molar-refractivity contribution is 5.74. The number of ether oxygens (including phenoxy) is 3. The Balaban J connectivity index is 1.42. The van der Waals surface area contributed by atoms with Crippen LogP contribution in [-0.4, -0.2) is 50.6 Å². The van der Waals surface area contributed by atoms with E-state index in [1.807, 2.05) is 31.2 Å². The summed E-state index contributed by atoms with van der Waals surface area (Å²) < 4.78 is 17.0. The molecule has 0 saturated carbocycles. The number of para-hydroxylation sites is 1. The molecular weight excluding hydrogens is 320 g/mol. The van der Waals surface area contributed by atoms with E-state index in [9.17, 15) is 4.79 Å². The van der Waals surface area contributed by atoms with Gasteiger partial charge in [-0.15, -0.1) is 0 Å². The molecule has 0 unspecified atom stereocenters. The van der Waals surface area contributed by atoms with Crippen molar-refractivity contribution in [2.24, 2.45) is 0 Å². The minimum atomic E-state index is -0.188. The van der Waals surface area contributed by atoms with Crippen molar-refractivity contribution in [1.29, 1.82) is 0 Å². The average molecular weight is 348 g/mol. The van der Waals surface area contributed by atoms with Crippen molar-refractivity contribution in [2.75, 3.05) is 33.0 Å². The largest absolute Gasteiger partial charge is 0.494 e. The van der Waals surface area contributed by atoms with Gasteiger partial charge in [0.25, 0.3) is 0 Å². The van der Waals surface area contributed by atoms with E-state index in [0.717, 1.165) is 43.6 Å². The lowest BCUT2D eigenvalue weighted by Crippen LogP contribution is -2.51. The molecule has 2 N–H and O–H groups in total. The number of hydrogen-bond donors (Lipinski definition) is 2. The van der Waals surface area contributed by atoms with E-state index in [-0.39, 0.29) is 17.7 Å². The van der Waals surface area contributed by atoms with E-state index >= 15 is 0 Å². The van der Waals surface area contributed by atoms with Crippen molar-refractivity contribution in [2.45, 2.75) is 44.2 Å². The molecule has 2 amide bonds. The molecule has 2 aliphatic rings. The Hall–Kier alpha value is -1.79. The van der Waals surface area contributed by atoms with E-state index in [1.165, 1.54) is 0 Å². The molecule has 1 spiro atoms. The number of nitrogens with one attached hydrogen (secondary N) is 2. The van der Waals surface area contributed by atoms with E-state index in [1.54, 1.807) is 0 Å². The van der Waals surface area contributed by atoms with Gasteiger partial charge >= 0.3 is 6.03 Å². The summed E-state index contributed by atoms with van der Waals surface area (Å²) in [7, 11) is 0.